The summed E-state index contributed by atoms with van der Waals surface area (Å²) >= 11 is 0. The fraction of sp³-hybridized carbons (Fsp3) is 0.840. The van der Waals surface area contributed by atoms with Gasteiger partial charge in [0.2, 0.25) is 0 Å². The Balaban J connectivity index is 0.00000729. The van der Waals surface area contributed by atoms with Crippen molar-refractivity contribution in [1.82, 2.24) is 0 Å². The van der Waals surface area contributed by atoms with E-state index < -0.39 is 0 Å². The maximum Gasteiger partial charge on any atom is 0.110 e. The Kier molecular flexibility index (Phi) is 14.7. The second-order valence-corrected chi connectivity index (χ2v) is 9.72. The molecule has 0 fully saturated rings. The lowest BCUT2D eigenvalue weighted by molar-refractivity contribution is -0.894. The second-order valence-electron chi connectivity index (χ2n) is 9.72. The Hall–Kier alpha value is -0.120. The predicted octanol–water partition coefficient (Wildman–Crippen LogP) is 3.51. The van der Waals surface area contributed by atoms with Gasteiger partial charge in [0.15, 0.2) is 0 Å². The molecular weight excluding hydrogens is 410 g/mol. The minimum absolute atomic E-state index is 0. The van der Waals surface area contributed by atoms with Crippen molar-refractivity contribution in [2.24, 2.45) is 11.3 Å². The normalized spacial score (nSPS) is 22.9. The van der Waals surface area contributed by atoms with E-state index in [0.29, 0.717) is 0 Å². The molecule has 28 heavy (non-hydrogen) atoms. The molecule has 1 rings (SSSR count). The van der Waals surface area contributed by atoms with Gasteiger partial charge in [0.1, 0.15) is 12.6 Å². The van der Waals surface area contributed by atoms with Crippen LogP contribution in [0.1, 0.15) is 91.4 Å². The van der Waals surface area contributed by atoms with Gasteiger partial charge in [-0.05, 0) is 24.7 Å². The molecule has 0 aromatic heterocycles. The van der Waals surface area contributed by atoms with E-state index in [2.05, 4.69) is 59.2 Å². The number of aliphatic hydroxyl groups is 1. The maximum atomic E-state index is 10.9. The third-order valence-corrected chi connectivity index (χ3v) is 6.64. The van der Waals surface area contributed by atoms with Crippen LogP contribution in [0.5, 0.6) is 0 Å². The Morgan fingerprint density at radius 1 is 0.893 bits per heavy atom. The lowest BCUT2D eigenvalue weighted by Crippen LogP contribution is -3.00. The van der Waals surface area contributed by atoms with Gasteiger partial charge in [0, 0.05) is 5.92 Å². The van der Waals surface area contributed by atoms with Gasteiger partial charge < -0.3 is 26.6 Å². The summed E-state index contributed by atoms with van der Waals surface area (Å²) in [5.74, 6) is 0.234. The van der Waals surface area contributed by atoms with Crippen LogP contribution in [0.15, 0.2) is 24.3 Å². The first-order chi connectivity index (χ1) is 12.8. The molecule has 166 valence electrons. The molecule has 1 aliphatic rings. The van der Waals surface area contributed by atoms with Gasteiger partial charge >= 0.3 is 0 Å². The number of allylic oxidation sites excluding steroid dienone is 3. The highest BCUT2D eigenvalue weighted by Crippen LogP contribution is 2.38. The molecule has 1 aliphatic carbocycles. The number of quaternary nitrogens is 1. The Morgan fingerprint density at radius 2 is 1.43 bits per heavy atom. The number of likely N-dealkylation sites (N-methyl/N-ethyl adjacent to an activating group) is 1. The van der Waals surface area contributed by atoms with Crippen LogP contribution in [-0.4, -0.2) is 42.9 Å². The van der Waals surface area contributed by atoms with Crippen LogP contribution in [0.3, 0.4) is 0 Å². The first-order valence-electron chi connectivity index (χ1n) is 11.7. The van der Waals surface area contributed by atoms with E-state index in [4.69, 9.17) is 0 Å². The third-order valence-electron chi connectivity index (χ3n) is 6.64. The lowest BCUT2D eigenvalue weighted by atomic mass is 9.70. The largest absolute Gasteiger partial charge is 1.00 e. The minimum atomic E-state index is -0.269. The fourth-order valence-electron chi connectivity index (χ4n) is 4.45. The van der Waals surface area contributed by atoms with Crippen LogP contribution in [0.2, 0.25) is 0 Å². The predicted molar refractivity (Wildman–Crippen MR) is 120 cm³/mol. The SMILES string of the molecule is CCCCCCCCCCCC[N+](C)(C)CC(O)C1C=CC=CC1(C)CC.[Br-]. The molecule has 0 bridgehead atoms. The number of unbranched alkanes of at least 4 members (excludes halogenated alkanes) is 9. The van der Waals surface area contributed by atoms with Crippen molar-refractivity contribution in [2.75, 3.05) is 27.2 Å². The highest BCUT2D eigenvalue weighted by Gasteiger charge is 2.37. The summed E-state index contributed by atoms with van der Waals surface area (Å²) in [5.41, 5.74) is 0.0886. The Morgan fingerprint density at radius 3 is 1.96 bits per heavy atom. The monoisotopic (exact) mass is 457 g/mol. The van der Waals surface area contributed by atoms with Crippen LogP contribution in [0.4, 0.5) is 0 Å². The van der Waals surface area contributed by atoms with Gasteiger partial charge in [-0.3, -0.25) is 0 Å². The van der Waals surface area contributed by atoms with Crippen molar-refractivity contribution in [3.8, 4) is 0 Å². The molecule has 1 N–H and O–H groups in total. The van der Waals surface area contributed by atoms with Gasteiger partial charge in [-0.1, -0.05) is 96.4 Å². The van der Waals surface area contributed by atoms with E-state index in [0.717, 1.165) is 17.4 Å². The zero-order chi connectivity index (χ0) is 20.2. The fourth-order valence-corrected chi connectivity index (χ4v) is 4.45. The van der Waals surface area contributed by atoms with E-state index in [1.165, 1.54) is 70.8 Å². The molecule has 0 spiro atoms. The van der Waals surface area contributed by atoms with Crippen molar-refractivity contribution >= 4 is 0 Å². The van der Waals surface area contributed by atoms with Crippen molar-refractivity contribution in [3.05, 3.63) is 24.3 Å². The highest BCUT2D eigenvalue weighted by molar-refractivity contribution is 5.20. The van der Waals surface area contributed by atoms with Crippen molar-refractivity contribution in [1.29, 1.82) is 0 Å². The molecule has 0 saturated heterocycles. The molecule has 0 aliphatic heterocycles. The van der Waals surface area contributed by atoms with Crippen molar-refractivity contribution < 1.29 is 26.6 Å². The number of aliphatic hydroxyl groups excluding tert-OH is 1. The van der Waals surface area contributed by atoms with Gasteiger partial charge in [-0.15, -0.1) is 0 Å². The smallest absolute Gasteiger partial charge is 0.110 e. The van der Waals surface area contributed by atoms with Gasteiger partial charge in [0.05, 0.1) is 20.6 Å². The summed E-state index contributed by atoms with van der Waals surface area (Å²) in [7, 11) is 4.56. The Bertz CT molecular complexity index is 446. The lowest BCUT2D eigenvalue weighted by Gasteiger charge is -2.40. The molecule has 3 heteroatoms. The van der Waals surface area contributed by atoms with Crippen LogP contribution in [0, 0.1) is 11.3 Å². The molecule has 3 atom stereocenters. The molecule has 0 heterocycles. The van der Waals surface area contributed by atoms with Crippen molar-refractivity contribution in [2.45, 2.75) is 97.5 Å². The summed E-state index contributed by atoms with van der Waals surface area (Å²) in [6.45, 7) is 8.80. The summed E-state index contributed by atoms with van der Waals surface area (Å²) in [6.07, 6.45) is 23.4. The zero-order valence-electron chi connectivity index (χ0n) is 19.4. The first-order valence-corrected chi connectivity index (χ1v) is 11.7. The minimum Gasteiger partial charge on any atom is -1.00 e. The number of halogens is 1. The first kappa shape index (κ1) is 27.9. The molecule has 0 amide bonds. The molecule has 0 aromatic rings. The number of hydrogen-bond donors (Lipinski definition) is 1. The number of hydrogen-bond acceptors (Lipinski definition) is 1. The highest BCUT2D eigenvalue weighted by atomic mass is 79.9. The average Bonchev–Trinajstić information content (AvgIpc) is 2.63. The van der Waals surface area contributed by atoms with Crippen LogP contribution < -0.4 is 17.0 Å². The molecular formula is C25H48BrNO. The number of nitrogens with zero attached hydrogens (tertiary/aromatic N) is 1. The summed E-state index contributed by atoms with van der Waals surface area (Å²) in [4.78, 5) is 0. The van der Waals surface area contributed by atoms with Crippen molar-refractivity contribution in [3.63, 3.8) is 0 Å². The zero-order valence-corrected chi connectivity index (χ0v) is 21.0. The third kappa shape index (κ3) is 10.6. The topological polar surface area (TPSA) is 20.2 Å². The van der Waals surface area contributed by atoms with E-state index >= 15 is 0 Å². The Labute approximate surface area is 186 Å². The van der Waals surface area contributed by atoms with Gasteiger partial charge in [-0.25, -0.2) is 0 Å². The second kappa shape index (κ2) is 14.8. The summed E-state index contributed by atoms with van der Waals surface area (Å²) in [5, 5.41) is 10.9. The standard InChI is InChI=1S/C25H48NO.BrH/c1-6-8-9-10-11-12-13-14-15-18-21-26(4,5)22-24(27)23-19-16-17-20-25(23,3)7-2;/h16-17,19-20,23-24,27H,6-15,18,21-22H2,1-5H3;1H/q+1;/p-1. The molecule has 0 radical (unpaired) electrons. The molecule has 0 saturated carbocycles. The van der Waals surface area contributed by atoms with Gasteiger partial charge in [0.25, 0.3) is 0 Å². The average molecular weight is 459 g/mol. The summed E-state index contributed by atoms with van der Waals surface area (Å²) in [6, 6.07) is 0. The van der Waals surface area contributed by atoms with Crippen LogP contribution in [0.25, 0.3) is 0 Å². The van der Waals surface area contributed by atoms with E-state index in [1.54, 1.807) is 0 Å². The van der Waals surface area contributed by atoms with Crippen LogP contribution >= 0.6 is 0 Å². The molecule has 0 aromatic carbocycles. The van der Waals surface area contributed by atoms with Crippen LogP contribution in [-0.2, 0) is 0 Å². The molecule has 2 nitrogen and oxygen atoms in total. The van der Waals surface area contributed by atoms with Gasteiger partial charge in [-0.2, -0.15) is 0 Å². The van der Waals surface area contributed by atoms with E-state index in [1.807, 2.05) is 0 Å². The number of rotatable bonds is 15. The molecule has 3 unspecified atom stereocenters. The van der Waals surface area contributed by atoms with E-state index in [-0.39, 0.29) is 34.4 Å². The maximum absolute atomic E-state index is 10.9. The summed E-state index contributed by atoms with van der Waals surface area (Å²) < 4.78 is 0.923. The van der Waals surface area contributed by atoms with E-state index in [9.17, 15) is 5.11 Å². The quantitative estimate of drug-likeness (QED) is 0.294.